The topological polar surface area (TPSA) is 55.6 Å². The third-order valence-corrected chi connectivity index (χ3v) is 4.22. The molecule has 21 heavy (non-hydrogen) atoms. The van der Waals surface area contributed by atoms with Gasteiger partial charge in [0.15, 0.2) is 0 Å². The summed E-state index contributed by atoms with van der Waals surface area (Å²) in [6.45, 7) is 2.93. The molecule has 1 heterocycles. The molecular formula is C17H26N2O2. The minimum absolute atomic E-state index is 0.0989. The highest BCUT2D eigenvalue weighted by Crippen LogP contribution is 2.33. The molecule has 1 amide bonds. The first kappa shape index (κ1) is 15.8. The van der Waals surface area contributed by atoms with Crippen molar-refractivity contribution >= 4 is 5.91 Å². The quantitative estimate of drug-likeness (QED) is 0.876. The molecular weight excluding hydrogens is 264 g/mol. The number of rotatable bonds is 6. The third-order valence-electron chi connectivity index (χ3n) is 4.22. The maximum atomic E-state index is 12.5. The van der Waals surface area contributed by atoms with Crippen molar-refractivity contribution in [3.05, 3.63) is 29.8 Å². The number of ether oxygens (including phenoxy) is 1. The van der Waals surface area contributed by atoms with Crippen LogP contribution in [0.3, 0.4) is 0 Å². The normalized spacial score (nSPS) is 19.6. The number of nitrogens with two attached hydrogens (primary N) is 1. The molecule has 1 aromatic rings. The van der Waals surface area contributed by atoms with Gasteiger partial charge in [-0.2, -0.15) is 0 Å². The summed E-state index contributed by atoms with van der Waals surface area (Å²) >= 11 is 0. The Balaban J connectivity index is 2.06. The Hall–Kier alpha value is -1.55. The molecule has 0 aliphatic carbocycles. The van der Waals surface area contributed by atoms with Gasteiger partial charge < -0.3 is 15.4 Å². The van der Waals surface area contributed by atoms with E-state index < -0.39 is 0 Å². The lowest BCUT2D eigenvalue weighted by Crippen LogP contribution is -2.43. The highest BCUT2D eigenvalue weighted by atomic mass is 16.5. The summed E-state index contributed by atoms with van der Waals surface area (Å²) in [4.78, 5) is 14.5. The zero-order chi connectivity index (χ0) is 15.2. The minimum Gasteiger partial charge on any atom is -0.497 e. The van der Waals surface area contributed by atoms with Crippen molar-refractivity contribution in [2.75, 3.05) is 13.7 Å². The smallest absolute Gasteiger partial charge is 0.239 e. The Morgan fingerprint density at radius 3 is 2.76 bits per heavy atom. The third kappa shape index (κ3) is 3.76. The fourth-order valence-corrected chi connectivity index (χ4v) is 2.96. The molecule has 2 unspecified atom stereocenters. The lowest BCUT2D eigenvalue weighted by Gasteiger charge is -2.28. The van der Waals surface area contributed by atoms with Crippen molar-refractivity contribution < 1.29 is 9.53 Å². The number of hydrogen-bond donors (Lipinski definition) is 1. The Bertz CT molecular complexity index is 458. The van der Waals surface area contributed by atoms with E-state index >= 15 is 0 Å². The summed E-state index contributed by atoms with van der Waals surface area (Å²) in [6, 6.07) is 7.81. The standard InChI is InChI=1S/C17H26N2O2/c1-3-4-6-15(18)17(20)19-12-5-7-16(19)13-8-10-14(21-2)11-9-13/h8-11,15-16H,3-7,12,18H2,1-2H3. The van der Waals surface area contributed by atoms with E-state index in [0.29, 0.717) is 0 Å². The van der Waals surface area contributed by atoms with Gasteiger partial charge in [-0.05, 0) is 37.0 Å². The molecule has 0 saturated carbocycles. The molecule has 116 valence electrons. The van der Waals surface area contributed by atoms with Crippen LogP contribution in [0.1, 0.15) is 50.6 Å². The highest BCUT2D eigenvalue weighted by Gasteiger charge is 2.32. The van der Waals surface area contributed by atoms with E-state index in [1.807, 2.05) is 29.2 Å². The fourth-order valence-electron chi connectivity index (χ4n) is 2.96. The Kier molecular flexibility index (Phi) is 5.62. The molecule has 0 spiro atoms. The molecule has 1 fully saturated rings. The minimum atomic E-state index is -0.358. The number of likely N-dealkylation sites (tertiary alicyclic amines) is 1. The number of unbranched alkanes of at least 4 members (excludes halogenated alkanes) is 1. The van der Waals surface area contributed by atoms with Gasteiger partial charge in [0.05, 0.1) is 19.2 Å². The van der Waals surface area contributed by atoms with Crippen molar-refractivity contribution in [1.29, 1.82) is 0 Å². The average molecular weight is 290 g/mol. The van der Waals surface area contributed by atoms with Gasteiger partial charge in [-0.15, -0.1) is 0 Å². The Morgan fingerprint density at radius 1 is 1.43 bits per heavy atom. The monoisotopic (exact) mass is 290 g/mol. The van der Waals surface area contributed by atoms with Crippen molar-refractivity contribution in [3.8, 4) is 5.75 Å². The van der Waals surface area contributed by atoms with Crippen molar-refractivity contribution in [3.63, 3.8) is 0 Å². The summed E-state index contributed by atoms with van der Waals surface area (Å²) in [5, 5.41) is 0. The van der Waals surface area contributed by atoms with Gasteiger partial charge in [-0.25, -0.2) is 0 Å². The lowest BCUT2D eigenvalue weighted by molar-refractivity contribution is -0.133. The molecule has 0 bridgehead atoms. The van der Waals surface area contributed by atoms with E-state index in [1.54, 1.807) is 7.11 Å². The Labute approximate surface area is 127 Å². The molecule has 2 N–H and O–H groups in total. The van der Waals surface area contributed by atoms with E-state index in [9.17, 15) is 4.79 Å². The average Bonchev–Trinajstić information content (AvgIpc) is 3.01. The number of carbonyl (C=O) groups is 1. The summed E-state index contributed by atoms with van der Waals surface area (Å²) in [5.41, 5.74) is 7.23. The second-order valence-electron chi connectivity index (χ2n) is 5.71. The first-order valence-corrected chi connectivity index (χ1v) is 7.87. The molecule has 1 aliphatic heterocycles. The number of hydrogen-bond acceptors (Lipinski definition) is 3. The van der Waals surface area contributed by atoms with Crippen LogP contribution in [0.4, 0.5) is 0 Å². The van der Waals surface area contributed by atoms with Crippen LogP contribution in [0.5, 0.6) is 5.75 Å². The van der Waals surface area contributed by atoms with Gasteiger partial charge in [-0.1, -0.05) is 31.9 Å². The van der Waals surface area contributed by atoms with Gasteiger partial charge in [0.1, 0.15) is 5.75 Å². The van der Waals surface area contributed by atoms with E-state index in [-0.39, 0.29) is 18.0 Å². The zero-order valence-corrected chi connectivity index (χ0v) is 13.0. The van der Waals surface area contributed by atoms with Crippen molar-refractivity contribution in [1.82, 2.24) is 4.90 Å². The van der Waals surface area contributed by atoms with Crippen LogP contribution < -0.4 is 10.5 Å². The van der Waals surface area contributed by atoms with E-state index in [0.717, 1.165) is 44.4 Å². The number of nitrogens with zero attached hydrogens (tertiary/aromatic N) is 1. The highest BCUT2D eigenvalue weighted by molar-refractivity contribution is 5.82. The van der Waals surface area contributed by atoms with Crippen LogP contribution in [0.25, 0.3) is 0 Å². The second kappa shape index (κ2) is 7.46. The summed E-state index contributed by atoms with van der Waals surface area (Å²) < 4.78 is 5.19. The summed E-state index contributed by atoms with van der Waals surface area (Å²) in [6.07, 6.45) is 4.92. The van der Waals surface area contributed by atoms with E-state index in [2.05, 4.69) is 6.92 Å². The van der Waals surface area contributed by atoms with Gasteiger partial charge in [0, 0.05) is 6.54 Å². The van der Waals surface area contributed by atoms with Gasteiger partial charge in [0.2, 0.25) is 5.91 Å². The van der Waals surface area contributed by atoms with Crippen molar-refractivity contribution in [2.45, 2.75) is 51.1 Å². The molecule has 4 nitrogen and oxygen atoms in total. The largest absolute Gasteiger partial charge is 0.497 e. The maximum Gasteiger partial charge on any atom is 0.239 e. The molecule has 0 radical (unpaired) electrons. The van der Waals surface area contributed by atoms with Gasteiger partial charge >= 0.3 is 0 Å². The SMILES string of the molecule is CCCCC(N)C(=O)N1CCCC1c1ccc(OC)cc1. The molecule has 2 atom stereocenters. The van der Waals surface area contributed by atoms with Crippen LogP contribution in [-0.2, 0) is 4.79 Å². The predicted molar refractivity (Wildman–Crippen MR) is 84.2 cm³/mol. The predicted octanol–water partition coefficient (Wildman–Crippen LogP) is 2.88. The number of carbonyl (C=O) groups excluding carboxylic acids is 1. The van der Waals surface area contributed by atoms with Crippen LogP contribution in [0.15, 0.2) is 24.3 Å². The lowest BCUT2D eigenvalue weighted by atomic mass is 10.0. The number of methoxy groups -OCH3 is 1. The summed E-state index contributed by atoms with van der Waals surface area (Å²) in [7, 11) is 1.66. The van der Waals surface area contributed by atoms with Crippen LogP contribution in [-0.4, -0.2) is 30.5 Å². The molecule has 2 rings (SSSR count). The van der Waals surface area contributed by atoms with Gasteiger partial charge in [-0.3, -0.25) is 4.79 Å². The van der Waals surface area contributed by atoms with Crippen LogP contribution >= 0.6 is 0 Å². The Morgan fingerprint density at radius 2 is 2.14 bits per heavy atom. The molecule has 1 aromatic carbocycles. The molecule has 1 saturated heterocycles. The number of amides is 1. The fraction of sp³-hybridized carbons (Fsp3) is 0.588. The van der Waals surface area contributed by atoms with Crippen LogP contribution in [0, 0.1) is 0 Å². The second-order valence-corrected chi connectivity index (χ2v) is 5.71. The zero-order valence-electron chi connectivity index (χ0n) is 13.0. The van der Waals surface area contributed by atoms with E-state index in [1.165, 1.54) is 5.56 Å². The van der Waals surface area contributed by atoms with Crippen LogP contribution in [0.2, 0.25) is 0 Å². The maximum absolute atomic E-state index is 12.5. The summed E-state index contributed by atoms with van der Waals surface area (Å²) in [5.74, 6) is 0.941. The van der Waals surface area contributed by atoms with Gasteiger partial charge in [0.25, 0.3) is 0 Å². The molecule has 4 heteroatoms. The number of benzene rings is 1. The first-order valence-electron chi connectivity index (χ1n) is 7.87. The molecule has 1 aliphatic rings. The van der Waals surface area contributed by atoms with E-state index in [4.69, 9.17) is 10.5 Å². The molecule has 0 aromatic heterocycles. The van der Waals surface area contributed by atoms with Crippen molar-refractivity contribution in [2.24, 2.45) is 5.73 Å². The first-order chi connectivity index (χ1) is 10.2.